The zero-order valence-corrected chi connectivity index (χ0v) is 10.2. The SMILES string of the molecule is CCN1CCC(CNC2CCCC2)CC1. The van der Waals surface area contributed by atoms with Crippen LogP contribution in [0.15, 0.2) is 0 Å². The minimum absolute atomic E-state index is 0.856. The number of rotatable bonds is 4. The molecule has 2 nitrogen and oxygen atoms in total. The van der Waals surface area contributed by atoms with Crippen molar-refractivity contribution in [2.75, 3.05) is 26.2 Å². The van der Waals surface area contributed by atoms with E-state index in [1.165, 1.54) is 64.7 Å². The van der Waals surface area contributed by atoms with Crippen molar-refractivity contribution in [2.45, 2.75) is 51.5 Å². The van der Waals surface area contributed by atoms with Crippen molar-refractivity contribution < 1.29 is 0 Å². The molecule has 0 aromatic heterocycles. The molecule has 1 aliphatic carbocycles. The molecule has 2 rings (SSSR count). The molecule has 1 saturated heterocycles. The average molecular weight is 210 g/mol. The van der Waals surface area contributed by atoms with E-state index in [2.05, 4.69) is 17.1 Å². The van der Waals surface area contributed by atoms with Crippen LogP contribution in [0.2, 0.25) is 0 Å². The Morgan fingerprint density at radius 2 is 1.73 bits per heavy atom. The Balaban J connectivity index is 1.59. The number of hydrogen-bond acceptors (Lipinski definition) is 2. The summed E-state index contributed by atoms with van der Waals surface area (Å²) in [4.78, 5) is 2.58. The predicted molar refractivity (Wildman–Crippen MR) is 65.1 cm³/mol. The average Bonchev–Trinajstić information content (AvgIpc) is 2.80. The summed E-state index contributed by atoms with van der Waals surface area (Å²) in [5, 5.41) is 3.77. The number of likely N-dealkylation sites (tertiary alicyclic amines) is 1. The summed E-state index contributed by atoms with van der Waals surface area (Å²) < 4.78 is 0. The van der Waals surface area contributed by atoms with E-state index in [1.807, 2.05) is 0 Å². The van der Waals surface area contributed by atoms with Crippen LogP contribution in [-0.2, 0) is 0 Å². The third-order valence-electron chi connectivity index (χ3n) is 4.20. The van der Waals surface area contributed by atoms with Gasteiger partial charge in [-0.25, -0.2) is 0 Å². The second-order valence-electron chi connectivity index (χ2n) is 5.27. The Hall–Kier alpha value is -0.0800. The van der Waals surface area contributed by atoms with Gasteiger partial charge in [-0.3, -0.25) is 0 Å². The van der Waals surface area contributed by atoms with Crippen LogP contribution in [0.1, 0.15) is 45.4 Å². The second-order valence-corrected chi connectivity index (χ2v) is 5.27. The molecule has 2 fully saturated rings. The predicted octanol–water partition coefficient (Wildman–Crippen LogP) is 2.25. The van der Waals surface area contributed by atoms with Crippen LogP contribution in [-0.4, -0.2) is 37.1 Å². The topological polar surface area (TPSA) is 15.3 Å². The summed E-state index contributed by atoms with van der Waals surface area (Å²) in [5.41, 5.74) is 0. The van der Waals surface area contributed by atoms with Crippen molar-refractivity contribution in [1.82, 2.24) is 10.2 Å². The summed E-state index contributed by atoms with van der Waals surface area (Å²) in [6.45, 7) is 7.45. The summed E-state index contributed by atoms with van der Waals surface area (Å²) in [6.07, 6.45) is 8.57. The first-order chi connectivity index (χ1) is 7.38. The molecule has 1 heterocycles. The van der Waals surface area contributed by atoms with Gasteiger partial charge in [0, 0.05) is 6.04 Å². The van der Waals surface area contributed by atoms with E-state index in [-0.39, 0.29) is 0 Å². The fourth-order valence-corrected chi connectivity index (χ4v) is 2.97. The van der Waals surface area contributed by atoms with Crippen molar-refractivity contribution in [3.8, 4) is 0 Å². The first kappa shape index (κ1) is 11.4. The van der Waals surface area contributed by atoms with Crippen LogP contribution < -0.4 is 5.32 Å². The molecule has 0 aromatic carbocycles. The Morgan fingerprint density at radius 3 is 2.33 bits per heavy atom. The molecule has 0 atom stereocenters. The van der Waals surface area contributed by atoms with Gasteiger partial charge in [0.15, 0.2) is 0 Å². The molecule has 0 unspecified atom stereocenters. The van der Waals surface area contributed by atoms with Crippen molar-refractivity contribution in [1.29, 1.82) is 0 Å². The van der Waals surface area contributed by atoms with Gasteiger partial charge in [0.25, 0.3) is 0 Å². The molecule has 2 heteroatoms. The molecule has 0 radical (unpaired) electrons. The zero-order valence-electron chi connectivity index (χ0n) is 10.2. The monoisotopic (exact) mass is 210 g/mol. The molecular formula is C13H26N2. The summed E-state index contributed by atoms with van der Waals surface area (Å²) in [6, 6.07) is 0.856. The van der Waals surface area contributed by atoms with Gasteiger partial charge in [-0.15, -0.1) is 0 Å². The van der Waals surface area contributed by atoms with Crippen LogP contribution >= 0.6 is 0 Å². The number of hydrogen-bond donors (Lipinski definition) is 1. The first-order valence-electron chi connectivity index (χ1n) is 6.84. The summed E-state index contributed by atoms with van der Waals surface area (Å²) >= 11 is 0. The maximum atomic E-state index is 3.77. The fourth-order valence-electron chi connectivity index (χ4n) is 2.97. The van der Waals surface area contributed by atoms with E-state index in [1.54, 1.807) is 0 Å². The van der Waals surface area contributed by atoms with Gasteiger partial charge in [0.05, 0.1) is 0 Å². The standard InChI is InChI=1S/C13H26N2/c1-2-15-9-7-12(8-10-15)11-14-13-5-3-4-6-13/h12-14H,2-11H2,1H3. The van der Waals surface area contributed by atoms with Crippen molar-refractivity contribution >= 4 is 0 Å². The second kappa shape index (κ2) is 5.86. The van der Waals surface area contributed by atoms with E-state index in [4.69, 9.17) is 0 Å². The molecule has 0 bridgehead atoms. The lowest BCUT2D eigenvalue weighted by Crippen LogP contribution is -2.39. The Kier molecular flexibility index (Phi) is 4.45. The van der Waals surface area contributed by atoms with Gasteiger partial charge in [-0.05, 0) is 57.8 Å². The molecular weight excluding hydrogens is 184 g/mol. The molecule has 1 N–H and O–H groups in total. The first-order valence-corrected chi connectivity index (χ1v) is 6.84. The summed E-state index contributed by atoms with van der Waals surface area (Å²) in [7, 11) is 0. The van der Waals surface area contributed by atoms with Crippen molar-refractivity contribution in [3.05, 3.63) is 0 Å². The smallest absolute Gasteiger partial charge is 0.00671 e. The van der Waals surface area contributed by atoms with Gasteiger partial charge in [0.1, 0.15) is 0 Å². The van der Waals surface area contributed by atoms with Gasteiger partial charge >= 0.3 is 0 Å². The van der Waals surface area contributed by atoms with Gasteiger partial charge < -0.3 is 10.2 Å². The molecule has 88 valence electrons. The van der Waals surface area contributed by atoms with Crippen molar-refractivity contribution in [3.63, 3.8) is 0 Å². The van der Waals surface area contributed by atoms with Crippen LogP contribution in [0, 0.1) is 5.92 Å². The number of piperidine rings is 1. The normalized spacial score (nSPS) is 26.2. The lowest BCUT2D eigenvalue weighted by atomic mass is 9.96. The van der Waals surface area contributed by atoms with Crippen LogP contribution in [0.4, 0.5) is 0 Å². The van der Waals surface area contributed by atoms with E-state index < -0.39 is 0 Å². The van der Waals surface area contributed by atoms with E-state index in [0.717, 1.165) is 12.0 Å². The molecule has 2 aliphatic rings. The molecule has 1 aliphatic heterocycles. The fraction of sp³-hybridized carbons (Fsp3) is 1.00. The van der Waals surface area contributed by atoms with Crippen LogP contribution in [0.3, 0.4) is 0 Å². The highest BCUT2D eigenvalue weighted by molar-refractivity contribution is 4.78. The number of nitrogens with zero attached hydrogens (tertiary/aromatic N) is 1. The highest BCUT2D eigenvalue weighted by atomic mass is 15.1. The molecule has 0 spiro atoms. The minimum Gasteiger partial charge on any atom is -0.314 e. The summed E-state index contributed by atoms with van der Waals surface area (Å²) in [5.74, 6) is 0.952. The maximum absolute atomic E-state index is 3.77. The third-order valence-corrected chi connectivity index (χ3v) is 4.20. The third kappa shape index (κ3) is 3.46. The Bertz CT molecular complexity index is 167. The van der Waals surface area contributed by atoms with Gasteiger partial charge in [0.2, 0.25) is 0 Å². The van der Waals surface area contributed by atoms with Crippen LogP contribution in [0.25, 0.3) is 0 Å². The maximum Gasteiger partial charge on any atom is 0.00671 e. The molecule has 1 saturated carbocycles. The quantitative estimate of drug-likeness (QED) is 0.765. The number of nitrogens with one attached hydrogen (secondary N) is 1. The lowest BCUT2D eigenvalue weighted by Gasteiger charge is -2.31. The van der Waals surface area contributed by atoms with E-state index in [0.29, 0.717) is 0 Å². The minimum atomic E-state index is 0.856. The molecule has 0 aromatic rings. The Labute approximate surface area is 94.4 Å². The van der Waals surface area contributed by atoms with Crippen molar-refractivity contribution in [2.24, 2.45) is 5.92 Å². The molecule has 0 amide bonds. The van der Waals surface area contributed by atoms with Gasteiger partial charge in [-0.1, -0.05) is 19.8 Å². The largest absolute Gasteiger partial charge is 0.314 e. The zero-order chi connectivity index (χ0) is 10.5. The molecule has 15 heavy (non-hydrogen) atoms. The highest BCUT2D eigenvalue weighted by Gasteiger charge is 2.20. The van der Waals surface area contributed by atoms with E-state index >= 15 is 0 Å². The van der Waals surface area contributed by atoms with Crippen LogP contribution in [0.5, 0.6) is 0 Å². The lowest BCUT2D eigenvalue weighted by molar-refractivity contribution is 0.187. The van der Waals surface area contributed by atoms with Gasteiger partial charge in [-0.2, -0.15) is 0 Å². The van der Waals surface area contributed by atoms with E-state index in [9.17, 15) is 0 Å². The Morgan fingerprint density at radius 1 is 1.07 bits per heavy atom. The highest BCUT2D eigenvalue weighted by Crippen LogP contribution is 2.20.